The number of β-lactam (4-membered cyclic amide) rings is 1. The summed E-state index contributed by atoms with van der Waals surface area (Å²) in [4.78, 5) is 27.3. The Labute approximate surface area is 160 Å². The van der Waals surface area contributed by atoms with Crippen LogP contribution in [0.3, 0.4) is 0 Å². The van der Waals surface area contributed by atoms with Gasteiger partial charge in [-0.1, -0.05) is 30.3 Å². The summed E-state index contributed by atoms with van der Waals surface area (Å²) in [6, 6.07) is 8.53. The number of aromatic nitrogens is 4. The first kappa shape index (κ1) is 17.9. The molecule has 2 aliphatic heterocycles. The fourth-order valence-electron chi connectivity index (χ4n) is 3.81. The maximum atomic E-state index is 12.8. The second-order valence-corrected chi connectivity index (χ2v) is 9.00. The lowest BCUT2D eigenvalue weighted by atomic mass is 9.94. The largest absolute Gasteiger partial charge is 0.341 e. The van der Waals surface area contributed by atoms with E-state index >= 15 is 0 Å². The van der Waals surface area contributed by atoms with Gasteiger partial charge in [0.15, 0.2) is 5.82 Å². The fourth-order valence-corrected chi connectivity index (χ4v) is 5.44. The Morgan fingerprint density at radius 1 is 1.41 bits per heavy atom. The summed E-state index contributed by atoms with van der Waals surface area (Å²) in [6.07, 6.45) is 0. The van der Waals surface area contributed by atoms with Crippen molar-refractivity contribution >= 4 is 23.6 Å². The van der Waals surface area contributed by atoms with Gasteiger partial charge in [-0.3, -0.25) is 9.59 Å². The third-order valence-electron chi connectivity index (χ3n) is 5.11. The lowest BCUT2D eigenvalue weighted by molar-refractivity contribution is -0.152. The number of carbonyl (C=O) groups is 2. The van der Waals surface area contributed by atoms with Gasteiger partial charge in [-0.25, -0.2) is 5.10 Å². The molecule has 0 saturated carbocycles. The minimum Gasteiger partial charge on any atom is -0.341 e. The highest BCUT2D eigenvalue weighted by Crippen LogP contribution is 2.56. The number of nitrogens with one attached hydrogen (secondary N) is 2. The summed E-state index contributed by atoms with van der Waals surface area (Å²) < 4.78 is -0.284. The van der Waals surface area contributed by atoms with Crippen LogP contribution < -0.4 is 11.1 Å². The number of carbonyl (C=O) groups excluding carboxylic acids is 2. The van der Waals surface area contributed by atoms with Crippen molar-refractivity contribution in [1.29, 1.82) is 0 Å². The molecule has 3 unspecified atom stereocenters. The normalized spacial score (nSPS) is 27.0. The van der Waals surface area contributed by atoms with E-state index in [-0.39, 0.29) is 34.5 Å². The van der Waals surface area contributed by atoms with Gasteiger partial charge in [0.1, 0.15) is 17.5 Å². The van der Waals surface area contributed by atoms with Crippen molar-refractivity contribution in [3.63, 3.8) is 0 Å². The number of nitrogens with zero attached hydrogens (tertiary/aromatic N) is 4. The molecule has 10 heteroatoms. The molecule has 27 heavy (non-hydrogen) atoms. The van der Waals surface area contributed by atoms with Crippen LogP contribution in [0.1, 0.15) is 37.2 Å². The maximum Gasteiger partial charge on any atom is 0.249 e. The second-order valence-electron chi connectivity index (χ2n) is 7.23. The van der Waals surface area contributed by atoms with Gasteiger partial charge < -0.3 is 16.0 Å². The summed E-state index contributed by atoms with van der Waals surface area (Å²) in [7, 11) is 0. The van der Waals surface area contributed by atoms with E-state index in [9.17, 15) is 9.59 Å². The number of aromatic amines is 1. The number of hydrogen-bond acceptors (Lipinski definition) is 7. The first-order valence-electron chi connectivity index (χ1n) is 8.73. The number of hydrogen-bond donors (Lipinski definition) is 3. The number of benzene rings is 1. The zero-order chi connectivity index (χ0) is 19.2. The van der Waals surface area contributed by atoms with E-state index in [0.29, 0.717) is 5.82 Å². The highest BCUT2D eigenvalue weighted by atomic mass is 32.2. The summed E-state index contributed by atoms with van der Waals surface area (Å²) in [6.45, 7) is 4.26. The monoisotopic (exact) mass is 387 g/mol. The average molecular weight is 387 g/mol. The Bertz CT molecular complexity index is 842. The number of fused-ring (bicyclic) bond motifs is 1. The van der Waals surface area contributed by atoms with E-state index < -0.39 is 12.0 Å². The van der Waals surface area contributed by atoms with E-state index in [4.69, 9.17) is 5.73 Å². The molecule has 2 aromatic rings. The number of amides is 2. The minimum absolute atomic E-state index is 0.128. The highest BCUT2D eigenvalue weighted by molar-refractivity contribution is 8.01. The van der Waals surface area contributed by atoms with Gasteiger partial charge in [0.05, 0.1) is 5.92 Å². The molecule has 2 aliphatic rings. The summed E-state index contributed by atoms with van der Waals surface area (Å²) in [5, 5.41) is 16.7. The first-order chi connectivity index (χ1) is 12.9. The molecule has 4 atom stereocenters. The van der Waals surface area contributed by atoms with Crippen molar-refractivity contribution < 1.29 is 9.59 Å². The molecule has 0 bridgehead atoms. The van der Waals surface area contributed by atoms with Crippen molar-refractivity contribution in [3.8, 4) is 0 Å². The molecule has 3 heterocycles. The number of H-pyrrole nitrogens is 1. The SMILES string of the molecule is CC1(C)S[C@H]2C(NC(=O)C(CN)c3ccccc3)C(=O)N2C1c1nnn[nH]1. The Morgan fingerprint density at radius 3 is 2.78 bits per heavy atom. The van der Waals surface area contributed by atoms with Gasteiger partial charge in [-0.05, 0) is 29.8 Å². The molecule has 0 radical (unpaired) electrons. The van der Waals surface area contributed by atoms with Crippen LogP contribution >= 0.6 is 11.8 Å². The van der Waals surface area contributed by atoms with Crippen LogP contribution in [0.25, 0.3) is 0 Å². The van der Waals surface area contributed by atoms with E-state index in [2.05, 4.69) is 25.9 Å². The Morgan fingerprint density at radius 2 is 2.15 bits per heavy atom. The summed E-state index contributed by atoms with van der Waals surface area (Å²) in [5.74, 6) is -0.291. The van der Waals surface area contributed by atoms with Crippen molar-refractivity contribution in [2.24, 2.45) is 5.73 Å². The minimum atomic E-state index is -0.569. The first-order valence-corrected chi connectivity index (χ1v) is 9.61. The predicted octanol–water partition coefficient (Wildman–Crippen LogP) is 0.162. The molecule has 2 amide bonds. The molecular weight excluding hydrogens is 366 g/mol. The Balaban J connectivity index is 1.51. The Kier molecular flexibility index (Phi) is 4.39. The third kappa shape index (κ3) is 2.88. The predicted molar refractivity (Wildman–Crippen MR) is 99.4 cm³/mol. The van der Waals surface area contributed by atoms with Crippen molar-refractivity contribution in [1.82, 2.24) is 30.8 Å². The summed E-state index contributed by atoms with van der Waals surface area (Å²) in [5.41, 5.74) is 6.66. The van der Waals surface area contributed by atoms with E-state index in [0.717, 1.165) is 5.56 Å². The van der Waals surface area contributed by atoms with Crippen LogP contribution in [0.4, 0.5) is 0 Å². The number of thioether (sulfide) groups is 1. The second kappa shape index (κ2) is 6.61. The summed E-state index contributed by atoms with van der Waals surface area (Å²) >= 11 is 1.64. The molecule has 1 aromatic heterocycles. The van der Waals surface area contributed by atoms with Crippen LogP contribution in [0.5, 0.6) is 0 Å². The highest BCUT2D eigenvalue weighted by Gasteiger charge is 2.63. The van der Waals surface area contributed by atoms with Gasteiger partial charge in [-0.2, -0.15) is 0 Å². The lowest BCUT2D eigenvalue weighted by Crippen LogP contribution is -2.68. The zero-order valence-electron chi connectivity index (χ0n) is 15.0. The van der Waals surface area contributed by atoms with Crippen LogP contribution in [0.2, 0.25) is 0 Å². The lowest BCUT2D eigenvalue weighted by Gasteiger charge is -2.44. The van der Waals surface area contributed by atoms with Gasteiger partial charge in [0.25, 0.3) is 0 Å². The van der Waals surface area contributed by atoms with Gasteiger partial charge in [0, 0.05) is 11.3 Å². The number of nitrogens with two attached hydrogens (primary N) is 1. The average Bonchev–Trinajstić information content (AvgIpc) is 3.25. The van der Waals surface area contributed by atoms with Crippen molar-refractivity contribution in [3.05, 3.63) is 41.7 Å². The van der Waals surface area contributed by atoms with Crippen LogP contribution in [-0.2, 0) is 9.59 Å². The quantitative estimate of drug-likeness (QED) is 0.623. The van der Waals surface area contributed by atoms with Gasteiger partial charge in [0.2, 0.25) is 11.8 Å². The number of tetrazole rings is 1. The molecule has 2 fully saturated rings. The van der Waals surface area contributed by atoms with Crippen LogP contribution in [0, 0.1) is 0 Å². The van der Waals surface area contributed by atoms with Crippen molar-refractivity contribution in [2.45, 2.75) is 42.0 Å². The van der Waals surface area contributed by atoms with Crippen LogP contribution in [-0.4, -0.2) is 60.0 Å². The van der Waals surface area contributed by atoms with E-state index in [1.807, 2.05) is 44.2 Å². The zero-order valence-corrected chi connectivity index (χ0v) is 15.8. The molecule has 1 aromatic carbocycles. The van der Waals surface area contributed by atoms with Crippen molar-refractivity contribution in [2.75, 3.05) is 6.54 Å². The van der Waals surface area contributed by atoms with Gasteiger partial charge >= 0.3 is 0 Å². The Hall–Kier alpha value is -2.46. The molecule has 0 aliphatic carbocycles. The third-order valence-corrected chi connectivity index (χ3v) is 6.69. The molecule has 2 saturated heterocycles. The topological polar surface area (TPSA) is 130 Å². The molecule has 4 N–H and O–H groups in total. The number of rotatable bonds is 5. The van der Waals surface area contributed by atoms with E-state index in [1.54, 1.807) is 16.7 Å². The van der Waals surface area contributed by atoms with Gasteiger partial charge in [-0.15, -0.1) is 16.9 Å². The van der Waals surface area contributed by atoms with Crippen LogP contribution in [0.15, 0.2) is 30.3 Å². The van der Waals surface area contributed by atoms with E-state index in [1.165, 1.54) is 0 Å². The molecule has 9 nitrogen and oxygen atoms in total. The smallest absolute Gasteiger partial charge is 0.249 e. The molecule has 142 valence electrons. The fraction of sp³-hybridized carbons (Fsp3) is 0.471. The maximum absolute atomic E-state index is 12.8. The molecular formula is C17H21N7O2S. The standard InChI is InChI=1S/C17H21N7O2S/c1-17(2)12(13-20-22-23-21-13)24-15(26)11(16(24)27-17)19-14(25)10(8-18)9-6-4-3-5-7-9/h3-7,10-12,16H,8,18H2,1-2H3,(H,19,25)(H,20,21,22,23)/t10?,11?,12?,16-/m0/s1. The molecule has 0 spiro atoms. The molecule has 4 rings (SSSR count).